The van der Waals surface area contributed by atoms with E-state index in [4.69, 9.17) is 14.2 Å². The Hall–Kier alpha value is -3.65. The zero-order valence-corrected chi connectivity index (χ0v) is 19.5. The zero-order valence-electron chi connectivity index (χ0n) is 18.7. The molecule has 33 heavy (non-hydrogen) atoms. The lowest BCUT2D eigenvalue weighted by Gasteiger charge is -2.13. The van der Waals surface area contributed by atoms with Gasteiger partial charge in [-0.05, 0) is 67.6 Å². The van der Waals surface area contributed by atoms with E-state index in [2.05, 4.69) is 10.6 Å². The molecule has 3 rings (SSSR count). The molecule has 8 heteroatoms. The quantitative estimate of drug-likeness (QED) is 0.405. The van der Waals surface area contributed by atoms with Crippen molar-refractivity contribution in [3.05, 3.63) is 72.3 Å². The van der Waals surface area contributed by atoms with E-state index in [1.165, 1.54) is 26.0 Å². The minimum absolute atomic E-state index is 0.107. The van der Waals surface area contributed by atoms with Crippen molar-refractivity contribution in [2.45, 2.75) is 11.8 Å². The van der Waals surface area contributed by atoms with Crippen LogP contribution in [-0.2, 0) is 4.79 Å². The van der Waals surface area contributed by atoms with Crippen LogP contribution in [0.25, 0.3) is 0 Å². The van der Waals surface area contributed by atoms with E-state index in [-0.39, 0.29) is 17.6 Å². The van der Waals surface area contributed by atoms with Crippen molar-refractivity contribution < 1.29 is 23.8 Å². The molecule has 0 heterocycles. The highest BCUT2D eigenvalue weighted by atomic mass is 32.2. The summed E-state index contributed by atoms with van der Waals surface area (Å²) in [4.78, 5) is 25.9. The summed E-state index contributed by atoms with van der Waals surface area (Å²) in [5.41, 5.74) is 1.66. The van der Waals surface area contributed by atoms with Crippen molar-refractivity contribution in [3.8, 4) is 17.2 Å². The molecule has 7 nitrogen and oxygen atoms in total. The van der Waals surface area contributed by atoms with Crippen molar-refractivity contribution in [1.82, 2.24) is 0 Å². The van der Waals surface area contributed by atoms with Gasteiger partial charge in [0.05, 0.1) is 26.6 Å². The van der Waals surface area contributed by atoms with Crippen molar-refractivity contribution in [3.63, 3.8) is 0 Å². The van der Waals surface area contributed by atoms with E-state index in [0.29, 0.717) is 35.0 Å². The van der Waals surface area contributed by atoms with Crippen molar-refractivity contribution in [1.29, 1.82) is 0 Å². The number of hydrogen-bond acceptors (Lipinski definition) is 6. The van der Waals surface area contributed by atoms with Crippen molar-refractivity contribution in [2.75, 3.05) is 37.2 Å². The van der Waals surface area contributed by atoms with Crippen molar-refractivity contribution >= 4 is 35.0 Å². The molecular weight excluding hydrogens is 440 g/mol. The van der Waals surface area contributed by atoms with Crippen LogP contribution in [0, 0.1) is 0 Å². The third-order valence-corrected chi connectivity index (χ3v) is 5.60. The molecular formula is C25H26N2O5S. The molecule has 0 radical (unpaired) electrons. The van der Waals surface area contributed by atoms with Gasteiger partial charge in [0.25, 0.3) is 5.91 Å². The number of carbonyl (C=O) groups is 2. The molecule has 0 saturated heterocycles. The number of rotatable bonds is 10. The van der Waals surface area contributed by atoms with E-state index in [9.17, 15) is 9.59 Å². The maximum atomic E-state index is 12.8. The van der Waals surface area contributed by atoms with Gasteiger partial charge in [0.1, 0.15) is 22.8 Å². The van der Waals surface area contributed by atoms with Crippen LogP contribution in [0.5, 0.6) is 17.2 Å². The van der Waals surface area contributed by atoms with Crippen LogP contribution in [-0.4, -0.2) is 38.4 Å². The summed E-state index contributed by atoms with van der Waals surface area (Å²) in [5.74, 6) is 1.44. The van der Waals surface area contributed by atoms with Crippen LogP contribution in [0.4, 0.5) is 11.4 Å². The number of methoxy groups -OCH3 is 2. The van der Waals surface area contributed by atoms with E-state index >= 15 is 0 Å². The maximum Gasteiger partial charge on any atom is 0.263 e. The molecule has 2 N–H and O–H groups in total. The summed E-state index contributed by atoms with van der Waals surface area (Å²) < 4.78 is 16.0. The molecule has 0 fully saturated rings. The van der Waals surface area contributed by atoms with Crippen molar-refractivity contribution in [2.24, 2.45) is 0 Å². The summed E-state index contributed by atoms with van der Waals surface area (Å²) in [5, 5.41) is 5.71. The molecule has 0 unspecified atom stereocenters. The normalized spacial score (nSPS) is 10.3. The topological polar surface area (TPSA) is 85.9 Å². The second-order valence-corrected chi connectivity index (χ2v) is 7.86. The number of carbonyl (C=O) groups excluding carboxylic acids is 2. The summed E-state index contributed by atoms with van der Waals surface area (Å²) >= 11 is 1.41. The van der Waals surface area contributed by atoms with E-state index < -0.39 is 0 Å². The maximum absolute atomic E-state index is 12.8. The predicted octanol–water partition coefficient (Wildman–Crippen LogP) is 5.09. The van der Waals surface area contributed by atoms with E-state index in [0.717, 1.165) is 10.6 Å². The first-order valence-corrected chi connectivity index (χ1v) is 11.3. The lowest BCUT2D eigenvalue weighted by atomic mass is 10.1. The van der Waals surface area contributed by atoms with Gasteiger partial charge in [0.15, 0.2) is 0 Å². The highest BCUT2D eigenvalue weighted by Gasteiger charge is 2.18. The Kier molecular flexibility index (Phi) is 8.60. The Morgan fingerprint density at radius 2 is 1.39 bits per heavy atom. The first-order valence-electron chi connectivity index (χ1n) is 10.3. The van der Waals surface area contributed by atoms with Gasteiger partial charge in [0.2, 0.25) is 5.91 Å². The lowest BCUT2D eigenvalue weighted by molar-refractivity contribution is -0.113. The fraction of sp³-hybridized carbons (Fsp3) is 0.200. The van der Waals surface area contributed by atoms with Gasteiger partial charge < -0.3 is 24.8 Å². The molecule has 0 aromatic heterocycles. The highest BCUT2D eigenvalue weighted by molar-refractivity contribution is 8.00. The number of hydrogen-bond donors (Lipinski definition) is 2. The third kappa shape index (κ3) is 6.66. The monoisotopic (exact) mass is 466 g/mol. The molecule has 172 valence electrons. The molecule has 3 aromatic carbocycles. The van der Waals surface area contributed by atoms with Gasteiger partial charge in [-0.15, -0.1) is 11.8 Å². The molecule has 0 saturated carbocycles. The number of nitrogens with one attached hydrogen (secondary N) is 2. The largest absolute Gasteiger partial charge is 0.496 e. The number of anilines is 2. The molecule has 0 aliphatic rings. The summed E-state index contributed by atoms with van der Waals surface area (Å²) in [6, 6.07) is 19.7. The molecule has 3 aromatic rings. The van der Waals surface area contributed by atoms with Crippen LogP contribution < -0.4 is 24.8 Å². The molecule has 0 bridgehead atoms. The summed E-state index contributed by atoms with van der Waals surface area (Å²) in [6.45, 7) is 2.52. The Morgan fingerprint density at radius 1 is 0.818 bits per heavy atom. The number of benzene rings is 3. The first kappa shape index (κ1) is 24.0. The minimum Gasteiger partial charge on any atom is -0.496 e. The van der Waals surface area contributed by atoms with Gasteiger partial charge in [0, 0.05) is 16.3 Å². The number of amides is 2. The number of ether oxygens (including phenoxy) is 3. The fourth-order valence-corrected chi connectivity index (χ4v) is 3.75. The van der Waals surface area contributed by atoms with E-state index in [1.54, 1.807) is 30.3 Å². The fourth-order valence-electron chi connectivity index (χ4n) is 3.05. The summed E-state index contributed by atoms with van der Waals surface area (Å²) in [6.07, 6.45) is 0. The highest BCUT2D eigenvalue weighted by Crippen LogP contribution is 2.29. The van der Waals surface area contributed by atoms with Gasteiger partial charge in [-0.3, -0.25) is 9.59 Å². The number of thioether (sulfide) groups is 1. The Morgan fingerprint density at radius 3 is 1.97 bits per heavy atom. The average molecular weight is 467 g/mol. The average Bonchev–Trinajstić information content (AvgIpc) is 2.84. The van der Waals surface area contributed by atoms with Gasteiger partial charge >= 0.3 is 0 Å². The lowest BCUT2D eigenvalue weighted by Crippen LogP contribution is -2.14. The Labute approximate surface area is 197 Å². The second-order valence-electron chi connectivity index (χ2n) is 6.81. The molecule has 0 atom stereocenters. The molecule has 2 amide bonds. The van der Waals surface area contributed by atoms with E-state index in [1.807, 2.05) is 43.3 Å². The standard InChI is InChI=1S/C25H26N2O5S/c1-4-32-19-12-8-17(9-13-19)26-23(28)16-33-20-14-10-18(11-15-20)27-25(29)24-21(30-2)6-5-7-22(24)31-3/h5-15H,4,16H2,1-3H3,(H,26,28)(H,27,29). The summed E-state index contributed by atoms with van der Waals surface area (Å²) in [7, 11) is 3.01. The van der Waals surface area contributed by atoms with Gasteiger partial charge in [-0.2, -0.15) is 0 Å². The predicted molar refractivity (Wildman–Crippen MR) is 131 cm³/mol. The molecule has 0 aliphatic heterocycles. The van der Waals surface area contributed by atoms with Crippen LogP contribution in [0.3, 0.4) is 0 Å². The zero-order chi connectivity index (χ0) is 23.6. The Bertz CT molecular complexity index is 1060. The van der Waals surface area contributed by atoms with Crippen LogP contribution >= 0.6 is 11.8 Å². The molecule has 0 spiro atoms. The van der Waals surface area contributed by atoms with Crippen LogP contribution in [0.2, 0.25) is 0 Å². The second kappa shape index (κ2) is 11.8. The first-order chi connectivity index (χ1) is 16.0. The van der Waals surface area contributed by atoms with Crippen LogP contribution in [0.15, 0.2) is 71.6 Å². The SMILES string of the molecule is CCOc1ccc(NC(=O)CSc2ccc(NC(=O)c3c(OC)cccc3OC)cc2)cc1. The minimum atomic E-state index is -0.334. The third-order valence-electron chi connectivity index (χ3n) is 4.59. The van der Waals surface area contributed by atoms with Gasteiger partial charge in [-0.25, -0.2) is 0 Å². The van der Waals surface area contributed by atoms with Crippen LogP contribution in [0.1, 0.15) is 17.3 Å². The Balaban J connectivity index is 1.54. The molecule has 0 aliphatic carbocycles. The smallest absolute Gasteiger partial charge is 0.263 e. The van der Waals surface area contributed by atoms with Gasteiger partial charge in [-0.1, -0.05) is 6.07 Å².